The van der Waals surface area contributed by atoms with Crippen molar-refractivity contribution in [2.45, 2.75) is 25.0 Å². The minimum Gasteiger partial charge on any atom is -0.488 e. The number of para-hydroxylation sites is 1. The van der Waals surface area contributed by atoms with E-state index in [2.05, 4.69) is 30.5 Å². The number of rotatable bonds is 9. The van der Waals surface area contributed by atoms with E-state index in [0.29, 0.717) is 19.1 Å². The number of benzene rings is 1. The molecule has 1 amide bonds. The van der Waals surface area contributed by atoms with Crippen LogP contribution in [-0.2, 0) is 9.53 Å². The van der Waals surface area contributed by atoms with E-state index in [9.17, 15) is 4.79 Å². The van der Waals surface area contributed by atoms with Crippen molar-refractivity contribution in [2.24, 2.45) is 5.92 Å². The highest BCUT2D eigenvalue weighted by atomic mass is 32.1. The van der Waals surface area contributed by atoms with Gasteiger partial charge in [-0.25, -0.2) is 9.97 Å². The summed E-state index contributed by atoms with van der Waals surface area (Å²) in [6, 6.07) is 8.00. The maximum absolute atomic E-state index is 12.6. The molecule has 0 bridgehead atoms. The number of nitrogens with zero attached hydrogens (tertiary/aromatic N) is 4. The number of carbonyl (C=O) groups excluding carboxylic acids is 1. The van der Waals surface area contributed by atoms with Crippen LogP contribution in [0, 0.1) is 5.92 Å². The van der Waals surface area contributed by atoms with Gasteiger partial charge in [0.15, 0.2) is 0 Å². The molecule has 10 heteroatoms. The second kappa shape index (κ2) is 9.25. The van der Waals surface area contributed by atoms with Crippen LogP contribution in [0.5, 0.6) is 5.75 Å². The van der Waals surface area contributed by atoms with E-state index >= 15 is 0 Å². The van der Waals surface area contributed by atoms with Gasteiger partial charge in [0.2, 0.25) is 11.9 Å². The number of carbonyl (C=O) groups is 1. The Balaban J connectivity index is 1.05. The summed E-state index contributed by atoms with van der Waals surface area (Å²) in [6.45, 7) is 2.75. The van der Waals surface area contributed by atoms with Crippen molar-refractivity contribution in [1.29, 1.82) is 0 Å². The molecule has 1 saturated carbocycles. The Labute approximate surface area is 190 Å². The lowest BCUT2D eigenvalue weighted by atomic mass is 9.81. The molecule has 0 atom stereocenters. The van der Waals surface area contributed by atoms with Crippen LogP contribution in [0.15, 0.2) is 36.0 Å². The number of ether oxygens (including phenoxy) is 2. The molecule has 1 saturated heterocycles. The molecule has 9 nitrogen and oxygen atoms in total. The summed E-state index contributed by atoms with van der Waals surface area (Å²) in [6.07, 6.45) is 3.29. The van der Waals surface area contributed by atoms with Crippen LogP contribution >= 0.6 is 11.3 Å². The van der Waals surface area contributed by atoms with Crippen LogP contribution in [0.25, 0.3) is 10.2 Å². The standard InChI is InChI=1S/C22H26N6O3S/c1-30-8-7-24-22-23-6-5-19(27-22)28-11-15(12-28)26-21(29)14-9-16(10-14)31-17-3-2-4-18-20(17)25-13-32-18/h2-6,13-16H,7-12H2,1H3,(H,26,29)(H,23,24,27)/t14-,16-. The first-order chi connectivity index (χ1) is 15.7. The third-order valence-electron chi connectivity index (χ3n) is 5.86. The molecule has 2 aromatic heterocycles. The molecule has 2 fully saturated rings. The predicted octanol–water partition coefficient (Wildman–Crippen LogP) is 2.31. The summed E-state index contributed by atoms with van der Waals surface area (Å²) in [5, 5.41) is 6.30. The van der Waals surface area contributed by atoms with E-state index in [-0.39, 0.29) is 24.0 Å². The molecule has 5 rings (SSSR count). The largest absolute Gasteiger partial charge is 0.488 e. The van der Waals surface area contributed by atoms with E-state index < -0.39 is 0 Å². The number of hydrogen-bond donors (Lipinski definition) is 2. The van der Waals surface area contributed by atoms with E-state index in [4.69, 9.17) is 9.47 Å². The Bertz CT molecular complexity index is 1080. The summed E-state index contributed by atoms with van der Waals surface area (Å²) >= 11 is 1.60. The Morgan fingerprint density at radius 1 is 1.25 bits per heavy atom. The zero-order valence-corrected chi connectivity index (χ0v) is 18.7. The Kier molecular flexibility index (Phi) is 6.04. The average molecular weight is 455 g/mol. The minimum absolute atomic E-state index is 0.0133. The van der Waals surface area contributed by atoms with Gasteiger partial charge in [-0.3, -0.25) is 4.79 Å². The van der Waals surface area contributed by atoms with Crippen LogP contribution in [0.4, 0.5) is 11.8 Å². The van der Waals surface area contributed by atoms with Crippen molar-refractivity contribution in [3.8, 4) is 5.75 Å². The zero-order chi connectivity index (χ0) is 21.9. The molecular formula is C22H26N6O3S. The lowest BCUT2D eigenvalue weighted by Gasteiger charge is -2.42. The fourth-order valence-corrected chi connectivity index (χ4v) is 4.66. The SMILES string of the molecule is COCCNc1nccc(N2CC(NC(=O)[C@H]3C[C@H](Oc4cccc5scnc45)C3)C2)n1. The Morgan fingerprint density at radius 2 is 2.12 bits per heavy atom. The third kappa shape index (κ3) is 4.46. The number of thiazole rings is 1. The highest BCUT2D eigenvalue weighted by Gasteiger charge is 2.39. The summed E-state index contributed by atoms with van der Waals surface area (Å²) in [5.74, 6) is 2.38. The van der Waals surface area contributed by atoms with Crippen molar-refractivity contribution in [3.63, 3.8) is 0 Å². The molecule has 3 aromatic rings. The average Bonchev–Trinajstić information content (AvgIpc) is 3.22. The molecule has 1 aliphatic heterocycles. The maximum atomic E-state index is 12.6. The van der Waals surface area contributed by atoms with Gasteiger partial charge in [0.1, 0.15) is 23.2 Å². The molecule has 0 unspecified atom stereocenters. The Hall–Kier alpha value is -2.98. The molecule has 32 heavy (non-hydrogen) atoms. The summed E-state index contributed by atoms with van der Waals surface area (Å²) in [5.41, 5.74) is 2.73. The smallest absolute Gasteiger partial charge is 0.224 e. The van der Waals surface area contributed by atoms with Crippen molar-refractivity contribution in [3.05, 3.63) is 36.0 Å². The first-order valence-corrected chi connectivity index (χ1v) is 11.7. The first-order valence-electron chi connectivity index (χ1n) is 10.8. The van der Waals surface area contributed by atoms with Crippen molar-refractivity contribution in [2.75, 3.05) is 43.6 Å². The highest BCUT2D eigenvalue weighted by molar-refractivity contribution is 7.16. The number of hydrogen-bond acceptors (Lipinski definition) is 9. The van der Waals surface area contributed by atoms with Gasteiger partial charge in [0.05, 0.1) is 22.9 Å². The molecule has 0 radical (unpaired) electrons. The number of methoxy groups -OCH3 is 1. The van der Waals surface area contributed by atoms with Crippen LogP contribution in [0.1, 0.15) is 12.8 Å². The Morgan fingerprint density at radius 3 is 2.97 bits per heavy atom. The molecular weight excluding hydrogens is 428 g/mol. The van der Waals surface area contributed by atoms with Gasteiger partial charge in [-0.1, -0.05) is 6.07 Å². The van der Waals surface area contributed by atoms with E-state index in [1.54, 1.807) is 24.6 Å². The van der Waals surface area contributed by atoms with Gasteiger partial charge < -0.3 is 25.0 Å². The van der Waals surface area contributed by atoms with Gasteiger partial charge >= 0.3 is 0 Å². The molecule has 0 spiro atoms. The summed E-state index contributed by atoms with van der Waals surface area (Å²) in [7, 11) is 1.66. The predicted molar refractivity (Wildman–Crippen MR) is 123 cm³/mol. The number of fused-ring (bicyclic) bond motifs is 1. The number of amides is 1. The summed E-state index contributed by atoms with van der Waals surface area (Å²) < 4.78 is 12.2. The quantitative estimate of drug-likeness (QED) is 0.475. The van der Waals surface area contributed by atoms with Crippen LogP contribution < -0.4 is 20.3 Å². The molecule has 1 aromatic carbocycles. The minimum atomic E-state index is 0.0133. The van der Waals surface area contributed by atoms with Gasteiger partial charge in [0, 0.05) is 38.9 Å². The zero-order valence-electron chi connectivity index (χ0n) is 17.9. The fourth-order valence-electron chi connectivity index (χ4n) is 3.96. The summed E-state index contributed by atoms with van der Waals surface area (Å²) in [4.78, 5) is 27.9. The van der Waals surface area contributed by atoms with E-state index in [0.717, 1.165) is 47.7 Å². The third-order valence-corrected chi connectivity index (χ3v) is 6.66. The van der Waals surface area contributed by atoms with Crippen LogP contribution in [0.3, 0.4) is 0 Å². The molecule has 2 N–H and O–H groups in total. The lowest BCUT2D eigenvalue weighted by Crippen LogP contribution is -2.61. The second-order valence-electron chi connectivity index (χ2n) is 8.13. The highest BCUT2D eigenvalue weighted by Crippen LogP contribution is 2.35. The van der Waals surface area contributed by atoms with E-state index in [1.807, 2.05) is 29.8 Å². The molecule has 1 aliphatic carbocycles. The normalized spacial score (nSPS) is 20.5. The first kappa shape index (κ1) is 20.9. The van der Waals surface area contributed by atoms with E-state index in [1.165, 1.54) is 0 Å². The van der Waals surface area contributed by atoms with Gasteiger partial charge in [0.25, 0.3) is 0 Å². The molecule has 168 valence electrons. The molecule has 3 heterocycles. The number of nitrogens with one attached hydrogen (secondary N) is 2. The van der Waals surface area contributed by atoms with Gasteiger partial charge in [-0.2, -0.15) is 4.98 Å². The lowest BCUT2D eigenvalue weighted by molar-refractivity contribution is -0.131. The van der Waals surface area contributed by atoms with Crippen molar-refractivity contribution < 1.29 is 14.3 Å². The number of anilines is 2. The number of aromatic nitrogens is 3. The van der Waals surface area contributed by atoms with Crippen LogP contribution in [0.2, 0.25) is 0 Å². The molecule has 2 aliphatic rings. The van der Waals surface area contributed by atoms with Gasteiger partial charge in [-0.05, 0) is 31.0 Å². The van der Waals surface area contributed by atoms with Crippen LogP contribution in [-0.4, -0.2) is 66.4 Å². The monoisotopic (exact) mass is 454 g/mol. The topological polar surface area (TPSA) is 102 Å². The second-order valence-corrected chi connectivity index (χ2v) is 9.02. The van der Waals surface area contributed by atoms with Gasteiger partial charge in [-0.15, -0.1) is 11.3 Å². The van der Waals surface area contributed by atoms with Crippen molar-refractivity contribution >= 4 is 39.2 Å². The van der Waals surface area contributed by atoms with Crippen molar-refractivity contribution in [1.82, 2.24) is 20.3 Å². The maximum Gasteiger partial charge on any atom is 0.224 e. The fraction of sp³-hybridized carbons (Fsp3) is 0.455.